The standard InChI is InChI=1S/C64H82N18O13/c1-34(2)23-46(56(88)75-45(13-7-21-69-64(66)67)63(95)82-22-8-14-52(82)62(94)72-31-53(65)85)76-58(90)48(25-36-28-70-42-11-5-3-9-40(36)42)78-57(89)47(24-35-15-17-39(84)18-16-35)77-61(93)51(32-83)81-59(91)49(26-37-29-71-43-12-6-4-10-41(37)43)79-60(92)50(27-38-30-68-33-73-38)80-55(87)44-19-20-54(86)74-44/h3-6,9-12,15-18,28-30,33-34,44-52,70-71,83-84H,7-8,13-14,19-27,31-32H2,1-2H3,(H2,65,85)(H,68,73)(H,72,94)(H,74,86)(H,75,88)(H,76,90)(H,77,93)(H,78,89)(H,79,92)(H,80,87)(H,81,91)(H4,66,67,69)/t44-,45-,46-,47-,48+,49-,50-,51-,52-/m0/s1. The molecule has 0 radical (unpaired) electrons. The van der Waals surface area contributed by atoms with Crippen LogP contribution in [0.4, 0.5) is 0 Å². The van der Waals surface area contributed by atoms with Gasteiger partial charge in [-0.1, -0.05) is 62.4 Å². The predicted octanol–water partition coefficient (Wildman–Crippen LogP) is -2.09. The van der Waals surface area contributed by atoms with Crippen molar-refractivity contribution in [2.45, 2.75) is 139 Å². The van der Waals surface area contributed by atoms with Crippen molar-refractivity contribution >= 4 is 92.7 Å². The smallest absolute Gasteiger partial charge is 0.245 e. The first-order chi connectivity index (χ1) is 45.5. The Morgan fingerprint density at radius 2 is 1.18 bits per heavy atom. The molecule has 31 nitrogen and oxygen atoms in total. The monoisotopic (exact) mass is 1310 g/mol. The summed E-state index contributed by atoms with van der Waals surface area (Å²) in [5.74, 6) is -9.20. The molecule has 0 saturated carbocycles. The van der Waals surface area contributed by atoms with Crippen LogP contribution >= 0.6 is 0 Å². The maximum Gasteiger partial charge on any atom is 0.245 e. The number of para-hydroxylation sites is 2. The van der Waals surface area contributed by atoms with Gasteiger partial charge in [0.05, 0.1) is 25.2 Å². The van der Waals surface area contributed by atoms with E-state index in [1.54, 1.807) is 74.8 Å². The number of phenolic OH excluding ortho intramolecular Hbond substituents is 1. The lowest BCUT2D eigenvalue weighted by atomic mass is 9.99. The minimum atomic E-state index is -1.80. The molecule has 2 aliphatic heterocycles. The number of nitrogens with one attached hydrogen (secondary N) is 14. The molecule has 0 spiro atoms. The number of aliphatic hydroxyl groups is 1. The molecule has 3 aromatic carbocycles. The number of carbonyl (C=O) groups excluding carboxylic acids is 11. The van der Waals surface area contributed by atoms with E-state index in [1.807, 2.05) is 0 Å². The molecule has 8 rings (SSSR count). The lowest BCUT2D eigenvalue weighted by molar-refractivity contribution is -0.142. The number of benzene rings is 3. The number of amides is 11. The van der Waals surface area contributed by atoms with Crippen LogP contribution in [0.1, 0.15) is 81.2 Å². The third-order valence-corrected chi connectivity index (χ3v) is 16.4. The predicted molar refractivity (Wildman–Crippen MR) is 345 cm³/mol. The topological polar surface area (TPSA) is 488 Å². The highest BCUT2D eigenvalue weighted by Gasteiger charge is 2.40. The van der Waals surface area contributed by atoms with Crippen LogP contribution in [0.5, 0.6) is 5.75 Å². The van der Waals surface area contributed by atoms with E-state index in [9.17, 15) is 53.4 Å². The molecule has 506 valence electrons. The molecule has 11 amide bonds. The number of likely N-dealkylation sites (tertiary alicyclic amines) is 1. The Morgan fingerprint density at radius 3 is 1.72 bits per heavy atom. The summed E-state index contributed by atoms with van der Waals surface area (Å²) < 4.78 is 0. The van der Waals surface area contributed by atoms with Crippen LogP contribution in [0, 0.1) is 11.3 Å². The van der Waals surface area contributed by atoms with Crippen LogP contribution < -0.4 is 64.6 Å². The molecule has 3 aromatic heterocycles. The second kappa shape index (κ2) is 33.1. The van der Waals surface area contributed by atoms with Crippen LogP contribution in [0.15, 0.2) is 97.7 Å². The highest BCUT2D eigenvalue weighted by atomic mass is 16.3. The summed E-state index contributed by atoms with van der Waals surface area (Å²) in [4.78, 5) is 168. The van der Waals surface area contributed by atoms with Crippen molar-refractivity contribution in [1.82, 2.24) is 78.0 Å². The normalized spacial score (nSPS) is 16.6. The van der Waals surface area contributed by atoms with Gasteiger partial charge in [0, 0.05) is 85.6 Å². The zero-order chi connectivity index (χ0) is 68.3. The number of hydrogen-bond acceptors (Lipinski definition) is 15. The molecule has 6 aromatic rings. The van der Waals surface area contributed by atoms with Crippen LogP contribution in [0.2, 0.25) is 0 Å². The van der Waals surface area contributed by atoms with E-state index in [0.717, 1.165) is 0 Å². The number of aliphatic hydroxyl groups excluding tert-OH is 1. The lowest BCUT2D eigenvalue weighted by Crippen LogP contribution is -2.61. The number of aromatic nitrogens is 4. The van der Waals surface area contributed by atoms with E-state index in [1.165, 1.54) is 41.7 Å². The van der Waals surface area contributed by atoms with Crippen molar-refractivity contribution in [3.8, 4) is 5.75 Å². The van der Waals surface area contributed by atoms with Gasteiger partial charge in [0.1, 0.15) is 60.1 Å². The van der Waals surface area contributed by atoms with Crippen molar-refractivity contribution in [1.29, 1.82) is 5.41 Å². The van der Waals surface area contributed by atoms with E-state index in [0.29, 0.717) is 50.6 Å². The maximum atomic E-state index is 15.1. The fraction of sp³-hybridized carbons (Fsp3) is 0.422. The first kappa shape index (κ1) is 70.0. The number of nitrogens with two attached hydrogens (primary N) is 2. The molecule has 5 heterocycles. The van der Waals surface area contributed by atoms with E-state index < -0.39 is 127 Å². The SMILES string of the molecule is CC(C)C[C@H](NC(=O)[C@@H](Cc1c[nH]c2ccccc12)NC(=O)[C@H](Cc1ccc(O)cc1)NC(=O)[C@H](CO)NC(=O)[C@H](Cc1c[nH]c2ccccc12)NC(=O)[C@H](Cc1c[nH]cn1)NC(=O)[C@@H]1CCC(=O)N1)C(=O)N[C@@H](CCCNC(=N)N)C(=O)N1CCC[C@H]1C(=O)NCC(N)=O. The summed E-state index contributed by atoms with van der Waals surface area (Å²) in [6.45, 7) is 2.38. The number of H-pyrrole nitrogens is 3. The number of guanidine groups is 1. The first-order valence-electron chi connectivity index (χ1n) is 31.4. The number of primary amides is 1. The van der Waals surface area contributed by atoms with Gasteiger partial charge in [-0.3, -0.25) is 58.1 Å². The van der Waals surface area contributed by atoms with E-state index in [4.69, 9.17) is 16.9 Å². The Labute approximate surface area is 545 Å². The Bertz CT molecular complexity index is 3740. The molecule has 2 fully saturated rings. The number of carbonyl (C=O) groups is 11. The molecule has 2 saturated heterocycles. The fourth-order valence-electron chi connectivity index (χ4n) is 11.6. The number of imidazole rings is 1. The van der Waals surface area contributed by atoms with Crippen LogP contribution in [0.25, 0.3) is 21.8 Å². The first-order valence-corrected chi connectivity index (χ1v) is 31.4. The molecule has 2 aliphatic rings. The molecule has 0 unspecified atom stereocenters. The van der Waals surface area contributed by atoms with Crippen molar-refractivity contribution in [3.05, 3.63) is 120 Å². The number of hydrogen-bond donors (Lipinski definition) is 18. The number of aromatic amines is 3. The van der Waals surface area contributed by atoms with E-state index in [2.05, 4.69) is 73.1 Å². The van der Waals surface area contributed by atoms with Gasteiger partial charge in [-0.2, -0.15) is 0 Å². The zero-order valence-electron chi connectivity index (χ0n) is 52.6. The minimum Gasteiger partial charge on any atom is -0.508 e. The molecular formula is C64H82N18O13. The minimum absolute atomic E-state index is 0.00565. The third-order valence-electron chi connectivity index (χ3n) is 16.4. The van der Waals surface area contributed by atoms with Crippen molar-refractivity contribution in [2.24, 2.45) is 17.4 Å². The Morgan fingerprint density at radius 1 is 0.642 bits per heavy atom. The van der Waals surface area contributed by atoms with Crippen LogP contribution in [0.3, 0.4) is 0 Å². The average Bonchev–Trinajstić information content (AvgIpc) is 1.81. The zero-order valence-corrected chi connectivity index (χ0v) is 52.6. The van der Waals surface area contributed by atoms with Gasteiger partial charge < -0.3 is 94.7 Å². The second-order valence-electron chi connectivity index (χ2n) is 24.0. The quantitative estimate of drug-likeness (QED) is 0.0119. The molecular weight excluding hydrogens is 1230 g/mol. The molecule has 31 heteroatoms. The summed E-state index contributed by atoms with van der Waals surface area (Å²) in [7, 11) is 0. The van der Waals surface area contributed by atoms with E-state index >= 15 is 9.59 Å². The van der Waals surface area contributed by atoms with Crippen molar-refractivity contribution < 1.29 is 63.0 Å². The van der Waals surface area contributed by atoms with Gasteiger partial charge in [-0.05, 0) is 85.4 Å². The van der Waals surface area contributed by atoms with Crippen LogP contribution in [-0.2, 0) is 78.4 Å². The number of fused-ring (bicyclic) bond motifs is 2. The second-order valence-corrected chi connectivity index (χ2v) is 24.0. The van der Waals surface area contributed by atoms with Gasteiger partial charge in [-0.25, -0.2) is 4.98 Å². The molecule has 9 atom stereocenters. The Balaban J connectivity index is 1.05. The van der Waals surface area contributed by atoms with Gasteiger partial charge in [-0.15, -0.1) is 0 Å². The number of rotatable bonds is 33. The van der Waals surface area contributed by atoms with E-state index in [-0.39, 0.29) is 101 Å². The Hall–Kier alpha value is -10.8. The van der Waals surface area contributed by atoms with Crippen LogP contribution in [-0.4, -0.2) is 187 Å². The summed E-state index contributed by atoms with van der Waals surface area (Å²) in [6, 6.07) is 7.74. The number of nitrogens with zero attached hydrogens (tertiary/aromatic N) is 2. The van der Waals surface area contributed by atoms with Gasteiger partial charge >= 0.3 is 0 Å². The summed E-state index contributed by atoms with van der Waals surface area (Å²) >= 11 is 0. The summed E-state index contributed by atoms with van der Waals surface area (Å²) in [5, 5.41) is 56.8. The summed E-state index contributed by atoms with van der Waals surface area (Å²) in [5.41, 5.74) is 14.1. The molecule has 0 aliphatic carbocycles. The number of phenols is 1. The maximum absolute atomic E-state index is 15.1. The molecule has 95 heavy (non-hydrogen) atoms. The largest absolute Gasteiger partial charge is 0.508 e. The highest BCUT2D eigenvalue weighted by molar-refractivity contribution is 6.00. The van der Waals surface area contributed by atoms with Gasteiger partial charge in [0.15, 0.2) is 5.96 Å². The summed E-state index contributed by atoms with van der Waals surface area (Å²) in [6.07, 6.45) is 6.55. The third kappa shape index (κ3) is 19.6. The average molecular weight is 1310 g/mol. The number of aromatic hydroxyl groups is 1. The van der Waals surface area contributed by atoms with Crippen molar-refractivity contribution in [2.75, 3.05) is 26.2 Å². The molecule has 0 bridgehead atoms. The highest BCUT2D eigenvalue weighted by Crippen LogP contribution is 2.24. The van der Waals surface area contributed by atoms with Gasteiger partial charge in [0.2, 0.25) is 65.0 Å². The molecule has 20 N–H and O–H groups in total. The van der Waals surface area contributed by atoms with Gasteiger partial charge in [0.25, 0.3) is 0 Å². The fourth-order valence-corrected chi connectivity index (χ4v) is 11.6. The Kier molecular flexibility index (Phi) is 24.4. The lowest BCUT2D eigenvalue weighted by Gasteiger charge is -2.30. The van der Waals surface area contributed by atoms with Crippen molar-refractivity contribution in [3.63, 3.8) is 0 Å².